The number of rotatable bonds is 33. The molecule has 4 heterocycles. The Kier molecular flexibility index (Phi) is 38.6. The van der Waals surface area contributed by atoms with Gasteiger partial charge in [0.2, 0.25) is 17.7 Å². The summed E-state index contributed by atoms with van der Waals surface area (Å²) in [6, 6.07) is 21.4. The first kappa shape index (κ1) is 100. The van der Waals surface area contributed by atoms with Crippen LogP contribution in [-0.4, -0.2) is 119 Å². The van der Waals surface area contributed by atoms with Gasteiger partial charge in [-0.05, 0) is 166 Å². The number of nitrogens with one attached hydrogen (secondary N) is 7. The summed E-state index contributed by atoms with van der Waals surface area (Å²) >= 11 is 5.89. The van der Waals surface area contributed by atoms with Crippen molar-refractivity contribution in [2.24, 2.45) is 23.5 Å². The van der Waals surface area contributed by atoms with Crippen molar-refractivity contribution in [3.63, 3.8) is 0 Å². The van der Waals surface area contributed by atoms with Gasteiger partial charge in [-0.2, -0.15) is 8.42 Å². The number of hydrogen-bond donors (Lipinski definition) is 9. The third-order valence-electron chi connectivity index (χ3n) is 17.2. The number of carbonyl (C=O) groups is 6. The number of nitrogens with zero attached hydrogens (tertiary/aromatic N) is 7. The fraction of sp³-hybridized carbons (Fsp3) is 0.488. The number of aromatic nitrogens is 4. The monoisotopic (exact) mass is 1760 g/mol. The molecule has 0 bridgehead atoms. The standard InChI is InChI=1S/C23H34N4O6S2.2C23H32N4O5S.C13H15N3O2S/c1-7-16-13-34-21(24-16)18(12-15-8-10-17(11-9-15)27-35(30,31)32)25-20(28)19(14(2)3)26-22(29)33-23(4,5)6;2*1-7-16-13-33-21(24-16)18(12-15-8-10-17(11-9-15)27(30)31)25-20(28)19(14(2)3)26-22(29)32-23(4,5)6;1-2-10-8-19-13(15-10)12(14)7-9-3-5-11(6-4-9)16(17)18/h8-11,13-14,18-19,27H,7,12H2,1-6H3,(H,25,28)(H,26,29)(H,30,31,32);2*8-11,13-14,18-19H,7,12H2,1-6H3,(H,25,28)(H,26,29);3-6,8,12H,2,7,14H2,1H3/t3*18-,19-;12-/m0000/s1. The first-order valence-electron chi connectivity index (χ1n) is 39.0. The Labute approximate surface area is 716 Å². The van der Waals surface area contributed by atoms with E-state index in [9.17, 15) is 67.5 Å². The van der Waals surface area contributed by atoms with Crippen molar-refractivity contribution in [1.29, 1.82) is 0 Å². The van der Waals surface area contributed by atoms with Crippen LogP contribution in [-0.2, 0) is 90.3 Å². The summed E-state index contributed by atoms with van der Waals surface area (Å²) in [6.45, 7) is 34.8. The summed E-state index contributed by atoms with van der Waals surface area (Å²) in [6.07, 6.45) is 3.01. The lowest BCUT2D eigenvalue weighted by molar-refractivity contribution is -0.385. The Balaban J connectivity index is 0.000000290. The minimum absolute atomic E-state index is 0.00304. The maximum absolute atomic E-state index is 13.2. The second-order valence-electron chi connectivity index (χ2n) is 31.9. The zero-order valence-corrected chi connectivity index (χ0v) is 75.2. The molecule has 8 aromatic rings. The number of ether oxygens (including phenoxy) is 3. The number of amides is 6. The molecule has 4 aromatic carbocycles. The van der Waals surface area contributed by atoms with Crippen LogP contribution in [0.15, 0.2) is 119 Å². The molecule has 0 saturated carbocycles. The molecule has 4 aromatic heterocycles. The number of alkyl carbamates (subject to hydrolysis) is 3. The van der Waals surface area contributed by atoms with E-state index in [1.807, 2.05) is 88.6 Å². The third kappa shape index (κ3) is 35.4. The van der Waals surface area contributed by atoms with Crippen LogP contribution >= 0.6 is 45.3 Å². The first-order valence-corrected chi connectivity index (χ1v) is 44.0. The summed E-state index contributed by atoms with van der Waals surface area (Å²) in [5, 5.41) is 60.4. The molecule has 0 aliphatic heterocycles. The lowest BCUT2D eigenvalue weighted by atomic mass is 10.0. The molecule has 38 heteroatoms. The molecule has 120 heavy (non-hydrogen) atoms. The molecule has 0 fully saturated rings. The van der Waals surface area contributed by atoms with Crippen LogP contribution in [0.1, 0.15) is 221 Å². The second-order valence-corrected chi connectivity index (χ2v) is 36.6. The van der Waals surface area contributed by atoms with Crippen LogP contribution in [0.5, 0.6) is 0 Å². The van der Waals surface area contributed by atoms with Crippen LogP contribution in [0.2, 0.25) is 0 Å². The fourth-order valence-electron chi connectivity index (χ4n) is 11.1. The average molecular weight is 1760 g/mol. The first-order chi connectivity index (χ1) is 56.0. The molecular weight excluding hydrogens is 1640 g/mol. The summed E-state index contributed by atoms with van der Waals surface area (Å²) in [7, 11) is -4.37. The number of hydrogen-bond acceptors (Lipinski definition) is 26. The van der Waals surface area contributed by atoms with Crippen LogP contribution < -0.4 is 42.4 Å². The molecule has 0 radical (unpaired) electrons. The van der Waals surface area contributed by atoms with Gasteiger partial charge in [-0.25, -0.2) is 34.3 Å². The minimum atomic E-state index is -4.37. The number of nitro groups is 3. The Morgan fingerprint density at radius 1 is 0.408 bits per heavy atom. The van der Waals surface area contributed by atoms with Crippen molar-refractivity contribution >= 4 is 114 Å². The minimum Gasteiger partial charge on any atom is -0.444 e. The van der Waals surface area contributed by atoms with E-state index in [0.29, 0.717) is 25.7 Å². The Morgan fingerprint density at radius 2 is 0.642 bits per heavy atom. The fourth-order valence-corrected chi connectivity index (χ4v) is 15.2. The van der Waals surface area contributed by atoms with E-state index in [1.165, 1.54) is 82.5 Å². The highest BCUT2D eigenvalue weighted by atomic mass is 32.2. The van der Waals surface area contributed by atoms with Gasteiger partial charge in [0, 0.05) is 57.9 Å². The second kappa shape index (κ2) is 46.3. The number of aryl methyl sites for hydroxylation is 4. The Bertz CT molecular complexity index is 4630. The van der Waals surface area contributed by atoms with Gasteiger partial charge in [0.1, 0.15) is 55.0 Å². The number of anilines is 1. The Morgan fingerprint density at radius 3 is 0.858 bits per heavy atom. The molecule has 654 valence electrons. The SMILES string of the molecule is CCc1csc([C@@H](N)Cc2ccc([N+](=O)[O-])cc2)n1.CCc1csc([C@H](Cc2ccc(NS(=O)(=O)O)cc2)NC(=O)[C@@H](NC(=O)OC(C)(C)C)C(C)C)n1.CCc1csc([C@H](Cc2ccc([N+](=O)[O-])cc2)NC(=O)[C@@H](NC(=O)OC(C)(C)C)C(C)C)n1.CCc1csc([C@H](Cc2ccc([N+](=O)[O-])cc2)NC(=O)[C@@H](NC(=O)OC(C)(C)C)C(C)C)n1. The number of nitro benzene ring substituents is 3. The number of non-ortho nitro benzene ring substituents is 3. The van der Waals surface area contributed by atoms with Gasteiger partial charge in [-0.1, -0.05) is 118 Å². The van der Waals surface area contributed by atoms with Crippen molar-refractivity contribution < 1.29 is 70.7 Å². The Hall–Kier alpha value is -10.5. The van der Waals surface area contributed by atoms with E-state index in [1.54, 1.807) is 122 Å². The van der Waals surface area contributed by atoms with Gasteiger partial charge in [0.05, 0.1) is 67.4 Å². The molecule has 33 nitrogen and oxygen atoms in total. The van der Waals surface area contributed by atoms with Crippen molar-refractivity contribution in [2.75, 3.05) is 4.72 Å². The van der Waals surface area contributed by atoms with Gasteiger partial charge in [0.25, 0.3) is 17.1 Å². The van der Waals surface area contributed by atoms with Crippen LogP contribution in [0.3, 0.4) is 0 Å². The molecule has 0 spiro atoms. The highest BCUT2D eigenvalue weighted by Crippen LogP contribution is 2.30. The van der Waals surface area contributed by atoms with E-state index in [-0.39, 0.29) is 64.3 Å². The number of benzene rings is 4. The summed E-state index contributed by atoms with van der Waals surface area (Å²) in [5.74, 6) is -1.63. The topological polar surface area (TPSA) is 476 Å². The highest BCUT2D eigenvalue weighted by molar-refractivity contribution is 7.87. The van der Waals surface area contributed by atoms with Gasteiger partial charge >= 0.3 is 28.6 Å². The number of carbonyl (C=O) groups excluding carboxylic acids is 6. The molecule has 0 unspecified atom stereocenters. The van der Waals surface area contributed by atoms with Crippen molar-refractivity contribution in [1.82, 2.24) is 51.8 Å². The average Bonchev–Trinajstić information content (AvgIpc) is 1.60. The maximum atomic E-state index is 13.2. The lowest BCUT2D eigenvalue weighted by Gasteiger charge is -2.27. The van der Waals surface area contributed by atoms with E-state index in [0.717, 1.165) is 90.7 Å². The van der Waals surface area contributed by atoms with Gasteiger partial charge in [-0.15, -0.1) is 45.3 Å². The molecule has 0 aliphatic carbocycles. The molecular formula is C82H113N15O18S5. The number of nitrogens with two attached hydrogens (primary N) is 1. The van der Waals surface area contributed by atoms with Crippen LogP contribution in [0, 0.1) is 48.1 Å². The molecule has 7 atom stereocenters. The largest absolute Gasteiger partial charge is 0.444 e. The molecule has 6 amide bonds. The zero-order valence-electron chi connectivity index (χ0n) is 71.1. The van der Waals surface area contributed by atoms with E-state index < -0.39 is 96.4 Å². The molecule has 0 saturated heterocycles. The highest BCUT2D eigenvalue weighted by Gasteiger charge is 2.34. The predicted octanol–water partition coefficient (Wildman–Crippen LogP) is 15.9. The third-order valence-corrected chi connectivity index (χ3v) is 21.7. The van der Waals surface area contributed by atoms with Crippen molar-refractivity contribution in [3.05, 3.63) is 214 Å². The normalized spacial score (nSPS) is 13.3. The van der Waals surface area contributed by atoms with Crippen molar-refractivity contribution in [3.8, 4) is 0 Å². The van der Waals surface area contributed by atoms with Gasteiger partial charge < -0.3 is 51.8 Å². The van der Waals surface area contributed by atoms with Crippen molar-refractivity contribution in [2.45, 2.75) is 242 Å². The smallest absolute Gasteiger partial charge is 0.408 e. The molecule has 0 aliphatic rings. The molecule has 8 rings (SSSR count). The quantitative estimate of drug-likeness (QED) is 0.00798. The van der Waals surface area contributed by atoms with Gasteiger partial charge in [-0.3, -0.25) is 54.0 Å². The summed E-state index contributed by atoms with van der Waals surface area (Å²) in [5.41, 5.74) is 11.6. The molecule has 10 N–H and O–H groups in total. The summed E-state index contributed by atoms with van der Waals surface area (Å²) < 4.78 is 48.9. The van der Waals surface area contributed by atoms with Crippen LogP contribution in [0.4, 0.5) is 37.1 Å². The predicted molar refractivity (Wildman–Crippen MR) is 465 cm³/mol. The lowest BCUT2D eigenvalue weighted by Crippen LogP contribution is -2.51. The zero-order chi connectivity index (χ0) is 89.7. The van der Waals surface area contributed by atoms with E-state index in [2.05, 4.69) is 58.8 Å². The van der Waals surface area contributed by atoms with Crippen LogP contribution in [0.25, 0.3) is 0 Å². The number of thiazole rings is 4. The maximum Gasteiger partial charge on any atom is 0.408 e. The summed E-state index contributed by atoms with van der Waals surface area (Å²) in [4.78, 5) is 126. The van der Waals surface area contributed by atoms with E-state index >= 15 is 0 Å². The van der Waals surface area contributed by atoms with Gasteiger partial charge in [0.15, 0.2) is 0 Å². The van der Waals surface area contributed by atoms with E-state index in [4.69, 9.17) is 24.5 Å².